The van der Waals surface area contributed by atoms with E-state index in [1.807, 2.05) is 12.2 Å². The summed E-state index contributed by atoms with van der Waals surface area (Å²) in [4.78, 5) is 0. The molecule has 0 atom stereocenters. The molecule has 94 valence electrons. The highest BCUT2D eigenvalue weighted by atomic mass is 16.5. The lowest BCUT2D eigenvalue weighted by atomic mass is 10.0. The molecule has 0 saturated heterocycles. The van der Waals surface area contributed by atoms with E-state index in [1.165, 1.54) is 38.5 Å². The molecule has 0 amide bonds. The van der Waals surface area contributed by atoms with Gasteiger partial charge in [0, 0.05) is 6.61 Å². The molecule has 0 radical (unpaired) electrons. The van der Waals surface area contributed by atoms with Crippen molar-refractivity contribution in [1.82, 2.24) is 0 Å². The first-order valence-electron chi connectivity index (χ1n) is 6.68. The second-order valence-corrected chi connectivity index (χ2v) is 4.22. The molecule has 0 aromatic carbocycles. The largest absolute Gasteiger partial charge is 0.379 e. The van der Waals surface area contributed by atoms with E-state index in [2.05, 4.69) is 20.1 Å². The molecule has 0 heterocycles. The fourth-order valence-electron chi connectivity index (χ4n) is 1.87. The van der Waals surface area contributed by atoms with E-state index in [0.717, 1.165) is 19.4 Å². The zero-order chi connectivity index (χ0) is 12.1. The third-order valence-electron chi connectivity index (χ3n) is 2.77. The van der Waals surface area contributed by atoms with Crippen LogP contribution in [0.15, 0.2) is 25.3 Å². The van der Waals surface area contributed by atoms with Crippen LogP contribution in [0.25, 0.3) is 0 Å². The molecular formula is C15H28O. The molecule has 0 aromatic heterocycles. The monoisotopic (exact) mass is 224 g/mol. The second kappa shape index (κ2) is 12.5. The minimum atomic E-state index is 0.472. The van der Waals surface area contributed by atoms with Crippen LogP contribution in [0, 0.1) is 0 Å². The molecule has 0 bridgehead atoms. The maximum Gasteiger partial charge on any atom is 0.0575 e. The summed E-state index contributed by atoms with van der Waals surface area (Å²) >= 11 is 0. The van der Waals surface area contributed by atoms with Crippen LogP contribution < -0.4 is 0 Å². The van der Waals surface area contributed by atoms with Gasteiger partial charge in [0.05, 0.1) is 6.10 Å². The van der Waals surface area contributed by atoms with Gasteiger partial charge >= 0.3 is 0 Å². The van der Waals surface area contributed by atoms with E-state index >= 15 is 0 Å². The zero-order valence-corrected chi connectivity index (χ0v) is 10.9. The van der Waals surface area contributed by atoms with E-state index in [1.54, 1.807) is 0 Å². The Hall–Kier alpha value is -0.560. The van der Waals surface area contributed by atoms with Gasteiger partial charge in [0.15, 0.2) is 0 Å². The average molecular weight is 224 g/mol. The van der Waals surface area contributed by atoms with Crippen LogP contribution in [0.5, 0.6) is 0 Å². The van der Waals surface area contributed by atoms with Crippen molar-refractivity contribution in [2.45, 2.75) is 64.4 Å². The highest BCUT2D eigenvalue weighted by molar-refractivity contribution is 4.68. The SMILES string of the molecule is C=CCCCCC(CCCCC=C)OCC. The number of unbranched alkanes of at least 4 members (excludes halogenated alkanes) is 4. The summed E-state index contributed by atoms with van der Waals surface area (Å²) in [5.41, 5.74) is 0. The molecule has 0 aliphatic rings. The van der Waals surface area contributed by atoms with Gasteiger partial charge < -0.3 is 4.74 Å². The summed E-state index contributed by atoms with van der Waals surface area (Å²) < 4.78 is 5.75. The number of rotatable bonds is 12. The van der Waals surface area contributed by atoms with Gasteiger partial charge in [-0.25, -0.2) is 0 Å². The number of allylic oxidation sites excluding steroid dienone is 2. The van der Waals surface area contributed by atoms with E-state index < -0.39 is 0 Å². The van der Waals surface area contributed by atoms with Crippen molar-refractivity contribution >= 4 is 0 Å². The molecule has 0 fully saturated rings. The zero-order valence-electron chi connectivity index (χ0n) is 10.9. The highest BCUT2D eigenvalue weighted by Gasteiger charge is 2.07. The van der Waals surface area contributed by atoms with E-state index in [4.69, 9.17) is 4.74 Å². The Morgan fingerprint density at radius 1 is 0.938 bits per heavy atom. The van der Waals surface area contributed by atoms with Crippen LogP contribution in [0.1, 0.15) is 58.3 Å². The van der Waals surface area contributed by atoms with Gasteiger partial charge in [0.25, 0.3) is 0 Å². The van der Waals surface area contributed by atoms with Gasteiger partial charge in [-0.3, -0.25) is 0 Å². The number of hydrogen-bond donors (Lipinski definition) is 0. The Morgan fingerprint density at radius 3 is 1.81 bits per heavy atom. The van der Waals surface area contributed by atoms with E-state index in [0.29, 0.717) is 6.10 Å². The van der Waals surface area contributed by atoms with Crippen LogP contribution >= 0.6 is 0 Å². The Kier molecular flexibility index (Phi) is 12.1. The topological polar surface area (TPSA) is 9.23 Å². The van der Waals surface area contributed by atoms with Crippen molar-refractivity contribution in [3.8, 4) is 0 Å². The fourth-order valence-corrected chi connectivity index (χ4v) is 1.87. The van der Waals surface area contributed by atoms with Crippen molar-refractivity contribution in [3.05, 3.63) is 25.3 Å². The van der Waals surface area contributed by atoms with Crippen LogP contribution in [-0.4, -0.2) is 12.7 Å². The minimum Gasteiger partial charge on any atom is -0.379 e. The number of ether oxygens (including phenoxy) is 1. The van der Waals surface area contributed by atoms with Gasteiger partial charge in [-0.05, 0) is 45.4 Å². The maximum absolute atomic E-state index is 5.75. The van der Waals surface area contributed by atoms with Gasteiger partial charge in [-0.15, -0.1) is 13.2 Å². The smallest absolute Gasteiger partial charge is 0.0575 e. The molecule has 0 spiro atoms. The third kappa shape index (κ3) is 9.97. The van der Waals surface area contributed by atoms with E-state index in [9.17, 15) is 0 Å². The lowest BCUT2D eigenvalue weighted by molar-refractivity contribution is 0.0473. The van der Waals surface area contributed by atoms with Crippen LogP contribution in [0.4, 0.5) is 0 Å². The Bertz CT molecular complexity index is 147. The third-order valence-corrected chi connectivity index (χ3v) is 2.77. The van der Waals surface area contributed by atoms with Crippen LogP contribution in [-0.2, 0) is 4.74 Å². The lowest BCUT2D eigenvalue weighted by Gasteiger charge is -2.16. The van der Waals surface area contributed by atoms with Gasteiger partial charge in [0.2, 0.25) is 0 Å². The van der Waals surface area contributed by atoms with Crippen molar-refractivity contribution in [2.24, 2.45) is 0 Å². The molecule has 0 rings (SSSR count). The Balaban J connectivity index is 3.52. The molecule has 0 unspecified atom stereocenters. The van der Waals surface area contributed by atoms with E-state index in [-0.39, 0.29) is 0 Å². The first kappa shape index (κ1) is 15.4. The first-order chi connectivity index (χ1) is 7.85. The summed E-state index contributed by atoms with van der Waals surface area (Å²) in [6.45, 7) is 10.4. The summed E-state index contributed by atoms with van der Waals surface area (Å²) in [7, 11) is 0. The quantitative estimate of drug-likeness (QED) is 0.339. The standard InChI is InChI=1S/C15H28O/c1-4-7-9-11-13-15(16-6-3)14-12-10-8-5-2/h4-5,15H,1-2,6-14H2,3H3. The summed E-state index contributed by atoms with van der Waals surface area (Å²) in [5, 5.41) is 0. The summed E-state index contributed by atoms with van der Waals surface area (Å²) in [6.07, 6.45) is 14.2. The van der Waals surface area contributed by atoms with Gasteiger partial charge in [0.1, 0.15) is 0 Å². The van der Waals surface area contributed by atoms with Gasteiger partial charge in [-0.2, -0.15) is 0 Å². The van der Waals surface area contributed by atoms with Crippen molar-refractivity contribution in [1.29, 1.82) is 0 Å². The van der Waals surface area contributed by atoms with Crippen molar-refractivity contribution in [2.75, 3.05) is 6.61 Å². The predicted molar refractivity (Wildman–Crippen MR) is 72.7 cm³/mol. The summed E-state index contributed by atoms with van der Waals surface area (Å²) in [5.74, 6) is 0. The molecule has 0 N–H and O–H groups in total. The molecule has 16 heavy (non-hydrogen) atoms. The van der Waals surface area contributed by atoms with Crippen LogP contribution in [0.2, 0.25) is 0 Å². The molecule has 1 nitrogen and oxygen atoms in total. The number of hydrogen-bond acceptors (Lipinski definition) is 1. The molecule has 0 aliphatic carbocycles. The lowest BCUT2D eigenvalue weighted by Crippen LogP contribution is -2.12. The molecule has 1 heteroatoms. The Morgan fingerprint density at radius 2 is 1.44 bits per heavy atom. The average Bonchev–Trinajstić information content (AvgIpc) is 2.30. The Labute approximate surface area is 102 Å². The molecule has 0 aromatic rings. The normalized spacial score (nSPS) is 10.6. The van der Waals surface area contributed by atoms with Crippen molar-refractivity contribution in [3.63, 3.8) is 0 Å². The predicted octanol–water partition coefficient (Wildman–Crippen LogP) is 4.88. The van der Waals surface area contributed by atoms with Crippen LogP contribution in [0.3, 0.4) is 0 Å². The highest BCUT2D eigenvalue weighted by Crippen LogP contribution is 2.14. The molecule has 0 saturated carbocycles. The van der Waals surface area contributed by atoms with Crippen molar-refractivity contribution < 1.29 is 4.74 Å². The summed E-state index contributed by atoms with van der Waals surface area (Å²) in [6, 6.07) is 0. The molecule has 0 aliphatic heterocycles. The first-order valence-corrected chi connectivity index (χ1v) is 6.68. The van der Waals surface area contributed by atoms with Gasteiger partial charge in [-0.1, -0.05) is 25.0 Å². The molecular weight excluding hydrogens is 196 g/mol. The fraction of sp³-hybridized carbons (Fsp3) is 0.733. The second-order valence-electron chi connectivity index (χ2n) is 4.22. The maximum atomic E-state index is 5.75. The minimum absolute atomic E-state index is 0.472.